The molecule has 0 bridgehead atoms. The predicted octanol–water partition coefficient (Wildman–Crippen LogP) is 4.81. The van der Waals surface area contributed by atoms with Crippen molar-refractivity contribution >= 4 is 43.2 Å². The number of thiazole rings is 1. The van der Waals surface area contributed by atoms with Gasteiger partial charge in [0.15, 0.2) is 0 Å². The van der Waals surface area contributed by atoms with E-state index in [1.165, 1.54) is 6.07 Å². The number of anilines is 1. The minimum Gasteiger partial charge on any atom is -0.381 e. The second kappa shape index (κ2) is 5.27. The molecule has 1 heterocycles. The van der Waals surface area contributed by atoms with Crippen LogP contribution in [0.1, 0.15) is 5.56 Å². The minimum absolute atomic E-state index is 0.241. The third-order valence-corrected chi connectivity index (χ3v) is 4.21. The molecular weight excluding hydrogens is 327 g/mol. The van der Waals surface area contributed by atoms with Gasteiger partial charge in [-0.2, -0.15) is 0 Å². The fourth-order valence-electron chi connectivity index (χ4n) is 1.82. The van der Waals surface area contributed by atoms with Gasteiger partial charge in [-0.05, 0) is 51.8 Å². The Bertz CT molecular complexity index is 726. The summed E-state index contributed by atoms with van der Waals surface area (Å²) in [4.78, 5) is 4.24. The number of halogens is 2. The number of benzene rings is 2. The van der Waals surface area contributed by atoms with Gasteiger partial charge in [-0.15, -0.1) is 11.3 Å². The Morgan fingerprint density at radius 2 is 2.11 bits per heavy atom. The zero-order valence-corrected chi connectivity index (χ0v) is 12.3. The standard InChI is InChI=1S/C14H10BrFN2S/c15-11-5-9(1-3-12(11)16)7-17-10-2-4-13-14(6-10)19-8-18-13/h1-6,8,17H,7H2. The van der Waals surface area contributed by atoms with Gasteiger partial charge in [0.25, 0.3) is 0 Å². The molecule has 0 aliphatic carbocycles. The van der Waals surface area contributed by atoms with E-state index in [1.807, 2.05) is 17.6 Å². The Morgan fingerprint density at radius 3 is 2.95 bits per heavy atom. The van der Waals surface area contributed by atoms with Gasteiger partial charge in [0.05, 0.1) is 20.2 Å². The van der Waals surface area contributed by atoms with E-state index in [9.17, 15) is 4.39 Å². The first-order chi connectivity index (χ1) is 9.22. The zero-order valence-electron chi connectivity index (χ0n) is 9.86. The summed E-state index contributed by atoms with van der Waals surface area (Å²) in [6, 6.07) is 11.1. The quantitative estimate of drug-likeness (QED) is 0.742. The van der Waals surface area contributed by atoms with Crippen LogP contribution < -0.4 is 5.32 Å². The van der Waals surface area contributed by atoms with E-state index in [0.717, 1.165) is 21.5 Å². The van der Waals surface area contributed by atoms with Gasteiger partial charge >= 0.3 is 0 Å². The van der Waals surface area contributed by atoms with Crippen molar-refractivity contribution in [1.82, 2.24) is 4.98 Å². The van der Waals surface area contributed by atoms with Gasteiger partial charge in [0.2, 0.25) is 0 Å². The van der Waals surface area contributed by atoms with Crippen molar-refractivity contribution in [3.63, 3.8) is 0 Å². The van der Waals surface area contributed by atoms with E-state index in [1.54, 1.807) is 23.5 Å². The van der Waals surface area contributed by atoms with E-state index in [0.29, 0.717) is 11.0 Å². The van der Waals surface area contributed by atoms with Crippen molar-refractivity contribution in [2.24, 2.45) is 0 Å². The van der Waals surface area contributed by atoms with Crippen LogP contribution in [0.2, 0.25) is 0 Å². The summed E-state index contributed by atoms with van der Waals surface area (Å²) in [5.74, 6) is -0.241. The minimum atomic E-state index is -0.241. The highest BCUT2D eigenvalue weighted by molar-refractivity contribution is 9.10. The maximum Gasteiger partial charge on any atom is 0.137 e. The molecule has 0 amide bonds. The first kappa shape index (κ1) is 12.6. The molecule has 3 aromatic rings. The van der Waals surface area contributed by atoms with Crippen LogP contribution in [-0.2, 0) is 6.54 Å². The Balaban J connectivity index is 1.75. The molecule has 3 rings (SSSR count). The summed E-state index contributed by atoms with van der Waals surface area (Å²) in [6.45, 7) is 0.656. The van der Waals surface area contributed by atoms with Gasteiger partial charge in [0.1, 0.15) is 5.82 Å². The molecule has 96 valence electrons. The molecule has 0 saturated carbocycles. The molecule has 19 heavy (non-hydrogen) atoms. The predicted molar refractivity (Wildman–Crippen MR) is 81.0 cm³/mol. The van der Waals surface area contributed by atoms with Crippen molar-refractivity contribution in [2.45, 2.75) is 6.54 Å². The van der Waals surface area contributed by atoms with Gasteiger partial charge in [-0.25, -0.2) is 9.37 Å². The molecular formula is C14H10BrFN2S. The van der Waals surface area contributed by atoms with Crippen molar-refractivity contribution in [3.05, 3.63) is 57.8 Å². The van der Waals surface area contributed by atoms with Gasteiger partial charge in [-0.1, -0.05) is 6.07 Å². The number of nitrogens with zero attached hydrogens (tertiary/aromatic N) is 1. The summed E-state index contributed by atoms with van der Waals surface area (Å²) >= 11 is 4.81. The molecule has 5 heteroatoms. The number of nitrogens with one attached hydrogen (secondary N) is 1. The highest BCUT2D eigenvalue weighted by Gasteiger charge is 2.02. The number of hydrogen-bond donors (Lipinski definition) is 1. The topological polar surface area (TPSA) is 24.9 Å². The summed E-state index contributed by atoms with van der Waals surface area (Å²) < 4.78 is 14.8. The molecule has 0 atom stereocenters. The molecule has 0 fully saturated rings. The van der Waals surface area contributed by atoms with Crippen LogP contribution in [-0.4, -0.2) is 4.98 Å². The average molecular weight is 337 g/mol. The number of fused-ring (bicyclic) bond motifs is 1. The molecule has 0 aliphatic heterocycles. The second-order valence-electron chi connectivity index (χ2n) is 4.14. The smallest absolute Gasteiger partial charge is 0.137 e. The number of aromatic nitrogens is 1. The van der Waals surface area contributed by atoms with Crippen molar-refractivity contribution < 1.29 is 4.39 Å². The van der Waals surface area contributed by atoms with Gasteiger partial charge in [0, 0.05) is 12.2 Å². The maximum atomic E-state index is 13.1. The van der Waals surface area contributed by atoms with Crippen LogP contribution in [0.25, 0.3) is 10.2 Å². The largest absolute Gasteiger partial charge is 0.381 e. The monoisotopic (exact) mass is 336 g/mol. The summed E-state index contributed by atoms with van der Waals surface area (Å²) in [5, 5.41) is 3.33. The Morgan fingerprint density at radius 1 is 1.21 bits per heavy atom. The number of rotatable bonds is 3. The Kier molecular flexibility index (Phi) is 3.48. The molecule has 0 radical (unpaired) electrons. The van der Waals surface area contributed by atoms with Crippen LogP contribution >= 0.6 is 27.3 Å². The first-order valence-corrected chi connectivity index (χ1v) is 7.41. The molecule has 0 unspecified atom stereocenters. The lowest BCUT2D eigenvalue weighted by atomic mass is 10.2. The van der Waals surface area contributed by atoms with Gasteiger partial charge < -0.3 is 5.32 Å². The van der Waals surface area contributed by atoms with Gasteiger partial charge in [-0.3, -0.25) is 0 Å². The molecule has 1 aromatic heterocycles. The molecule has 0 saturated heterocycles. The van der Waals surface area contributed by atoms with Crippen molar-refractivity contribution in [2.75, 3.05) is 5.32 Å². The van der Waals surface area contributed by atoms with Crippen LogP contribution in [0.3, 0.4) is 0 Å². The molecule has 2 aromatic carbocycles. The van der Waals surface area contributed by atoms with Crippen LogP contribution in [0.4, 0.5) is 10.1 Å². The van der Waals surface area contributed by atoms with Crippen LogP contribution in [0.5, 0.6) is 0 Å². The SMILES string of the molecule is Fc1ccc(CNc2ccc3ncsc3c2)cc1Br. The fraction of sp³-hybridized carbons (Fsp3) is 0.0714. The molecule has 2 nitrogen and oxygen atoms in total. The van der Waals surface area contributed by atoms with E-state index in [2.05, 4.69) is 32.3 Å². The fourth-order valence-corrected chi connectivity index (χ4v) is 2.96. The lowest BCUT2D eigenvalue weighted by Gasteiger charge is -2.07. The lowest BCUT2D eigenvalue weighted by molar-refractivity contribution is 0.620. The van der Waals surface area contributed by atoms with Crippen molar-refractivity contribution in [3.8, 4) is 0 Å². The van der Waals surface area contributed by atoms with E-state index in [4.69, 9.17) is 0 Å². The average Bonchev–Trinajstić information content (AvgIpc) is 2.87. The Hall–Kier alpha value is -1.46. The highest BCUT2D eigenvalue weighted by Crippen LogP contribution is 2.23. The summed E-state index contributed by atoms with van der Waals surface area (Å²) in [7, 11) is 0. The van der Waals surface area contributed by atoms with E-state index in [-0.39, 0.29) is 5.82 Å². The zero-order chi connectivity index (χ0) is 13.2. The lowest BCUT2D eigenvalue weighted by Crippen LogP contribution is -1.99. The number of hydrogen-bond acceptors (Lipinski definition) is 3. The summed E-state index contributed by atoms with van der Waals surface area (Å²) in [5.41, 5.74) is 4.92. The highest BCUT2D eigenvalue weighted by atomic mass is 79.9. The second-order valence-corrected chi connectivity index (χ2v) is 5.88. The molecule has 0 spiro atoms. The van der Waals surface area contributed by atoms with E-state index >= 15 is 0 Å². The molecule has 0 aliphatic rings. The third kappa shape index (κ3) is 2.77. The van der Waals surface area contributed by atoms with Crippen LogP contribution in [0.15, 0.2) is 46.4 Å². The summed E-state index contributed by atoms with van der Waals surface area (Å²) in [6.07, 6.45) is 0. The van der Waals surface area contributed by atoms with Crippen molar-refractivity contribution in [1.29, 1.82) is 0 Å². The molecule has 1 N–H and O–H groups in total. The Labute approximate surface area is 122 Å². The van der Waals surface area contributed by atoms with Crippen LogP contribution in [0, 0.1) is 5.82 Å². The normalized spacial score (nSPS) is 10.8. The maximum absolute atomic E-state index is 13.1. The third-order valence-electron chi connectivity index (χ3n) is 2.81. The first-order valence-electron chi connectivity index (χ1n) is 5.73. The van der Waals surface area contributed by atoms with E-state index < -0.39 is 0 Å².